The van der Waals surface area contributed by atoms with Gasteiger partial charge in [-0.05, 0) is 25.7 Å². The maximum Gasteiger partial charge on any atom is 0.203 e. The zero-order valence-corrected chi connectivity index (χ0v) is 12.5. The van der Waals surface area contributed by atoms with Crippen LogP contribution in [-0.2, 0) is 16.4 Å². The molecule has 5 nitrogen and oxygen atoms in total. The quantitative estimate of drug-likeness (QED) is 0.866. The molecule has 2 rings (SSSR count). The van der Waals surface area contributed by atoms with E-state index in [0.717, 1.165) is 37.4 Å². The van der Waals surface area contributed by atoms with Crippen LogP contribution in [0.25, 0.3) is 0 Å². The molecule has 2 heterocycles. The summed E-state index contributed by atoms with van der Waals surface area (Å²) in [6.45, 7) is 5.80. The van der Waals surface area contributed by atoms with Crippen molar-refractivity contribution >= 4 is 15.8 Å². The number of unbranched alkanes of at least 4 members (excludes halogenated alkanes) is 1. The van der Waals surface area contributed by atoms with Crippen LogP contribution in [0.1, 0.15) is 31.9 Å². The molecule has 0 radical (unpaired) electrons. The van der Waals surface area contributed by atoms with Gasteiger partial charge in [-0.25, -0.2) is 13.4 Å². The van der Waals surface area contributed by atoms with Gasteiger partial charge in [0, 0.05) is 19.3 Å². The predicted molar refractivity (Wildman–Crippen MR) is 77.1 cm³/mol. The highest BCUT2D eigenvalue weighted by molar-refractivity contribution is 7.91. The van der Waals surface area contributed by atoms with Crippen molar-refractivity contribution in [3.8, 4) is 0 Å². The molecule has 6 heteroatoms. The van der Waals surface area contributed by atoms with Gasteiger partial charge in [-0.3, -0.25) is 0 Å². The Hall–Kier alpha value is -1.04. The van der Waals surface area contributed by atoms with E-state index in [1.807, 2.05) is 13.1 Å². The van der Waals surface area contributed by atoms with Crippen LogP contribution in [0.5, 0.6) is 0 Å². The van der Waals surface area contributed by atoms with Gasteiger partial charge in [-0.2, -0.15) is 0 Å². The summed E-state index contributed by atoms with van der Waals surface area (Å²) in [5, 5.41) is 3.31. The molecule has 0 aliphatic carbocycles. The summed E-state index contributed by atoms with van der Waals surface area (Å²) in [6.07, 6.45) is 5.09. The zero-order valence-electron chi connectivity index (χ0n) is 11.7. The monoisotopic (exact) mass is 285 g/mol. The third-order valence-electron chi connectivity index (χ3n) is 3.53. The minimum atomic E-state index is -2.79. The third-order valence-corrected chi connectivity index (χ3v) is 5.36. The largest absolute Gasteiger partial charge is 0.355 e. The van der Waals surface area contributed by atoms with Crippen molar-refractivity contribution in [1.82, 2.24) is 9.55 Å². The van der Waals surface area contributed by atoms with E-state index in [1.165, 1.54) is 0 Å². The van der Waals surface area contributed by atoms with Crippen LogP contribution < -0.4 is 5.32 Å². The molecule has 1 unspecified atom stereocenters. The molecule has 0 spiro atoms. The fourth-order valence-corrected chi connectivity index (χ4v) is 4.32. The summed E-state index contributed by atoms with van der Waals surface area (Å²) in [5.41, 5.74) is 0.998. The topological polar surface area (TPSA) is 64.0 Å². The molecule has 0 saturated carbocycles. The lowest BCUT2D eigenvalue weighted by Crippen LogP contribution is -2.18. The Balaban J connectivity index is 1.92. The number of anilines is 1. The summed E-state index contributed by atoms with van der Waals surface area (Å²) < 4.78 is 25.0. The first-order chi connectivity index (χ1) is 9.00. The van der Waals surface area contributed by atoms with Gasteiger partial charge in [0.2, 0.25) is 5.95 Å². The fraction of sp³-hybridized carbons (Fsp3) is 0.769. The highest BCUT2D eigenvalue weighted by atomic mass is 32.2. The van der Waals surface area contributed by atoms with Gasteiger partial charge in [0.05, 0.1) is 17.2 Å². The molecule has 1 atom stereocenters. The Kier molecular flexibility index (Phi) is 4.50. The fourth-order valence-electron chi connectivity index (χ4n) is 2.46. The molecule has 1 aromatic heterocycles. The van der Waals surface area contributed by atoms with Gasteiger partial charge in [0.1, 0.15) is 0 Å². The van der Waals surface area contributed by atoms with Gasteiger partial charge in [0.15, 0.2) is 9.84 Å². The molecule has 1 N–H and O–H groups in total. The van der Waals surface area contributed by atoms with Crippen LogP contribution in [-0.4, -0.2) is 36.0 Å². The number of rotatable bonds is 6. The van der Waals surface area contributed by atoms with Crippen molar-refractivity contribution in [2.45, 2.75) is 39.7 Å². The van der Waals surface area contributed by atoms with Gasteiger partial charge < -0.3 is 9.88 Å². The number of nitrogens with one attached hydrogen (secondary N) is 1. The number of aryl methyl sites for hydroxylation is 2. The van der Waals surface area contributed by atoms with E-state index in [4.69, 9.17) is 0 Å². The Bertz CT molecular complexity index is 522. The lowest BCUT2D eigenvalue weighted by Gasteiger charge is -2.12. The Morgan fingerprint density at radius 3 is 2.95 bits per heavy atom. The first kappa shape index (κ1) is 14.4. The van der Waals surface area contributed by atoms with Crippen LogP contribution in [0.2, 0.25) is 0 Å². The number of hydrogen-bond acceptors (Lipinski definition) is 4. The average Bonchev–Trinajstić information content (AvgIpc) is 2.86. The summed E-state index contributed by atoms with van der Waals surface area (Å²) in [6, 6.07) is 0. The van der Waals surface area contributed by atoms with Crippen LogP contribution >= 0.6 is 0 Å². The van der Waals surface area contributed by atoms with Crippen LogP contribution in [0.4, 0.5) is 5.95 Å². The SMILES string of the molecule is CCCCn1cc(C)nc1NCC1CCS(=O)(=O)C1. The lowest BCUT2D eigenvalue weighted by atomic mass is 10.1. The van der Waals surface area contributed by atoms with E-state index >= 15 is 0 Å². The molecule has 0 bridgehead atoms. The van der Waals surface area contributed by atoms with Crippen molar-refractivity contribution in [3.05, 3.63) is 11.9 Å². The van der Waals surface area contributed by atoms with E-state index in [-0.39, 0.29) is 5.92 Å². The van der Waals surface area contributed by atoms with E-state index in [0.29, 0.717) is 18.1 Å². The second-order valence-electron chi connectivity index (χ2n) is 5.40. The van der Waals surface area contributed by atoms with Crippen molar-refractivity contribution in [2.75, 3.05) is 23.4 Å². The van der Waals surface area contributed by atoms with Crippen molar-refractivity contribution in [1.29, 1.82) is 0 Å². The van der Waals surface area contributed by atoms with E-state index < -0.39 is 9.84 Å². The molecule has 1 aromatic rings. The molecule has 1 aliphatic rings. The maximum absolute atomic E-state index is 11.4. The second kappa shape index (κ2) is 5.94. The summed E-state index contributed by atoms with van der Waals surface area (Å²) in [5.74, 6) is 1.74. The van der Waals surface area contributed by atoms with Gasteiger partial charge in [-0.15, -0.1) is 0 Å². The first-order valence-corrected chi connectivity index (χ1v) is 8.80. The summed E-state index contributed by atoms with van der Waals surface area (Å²) >= 11 is 0. The molecule has 0 amide bonds. The Morgan fingerprint density at radius 2 is 2.32 bits per heavy atom. The Morgan fingerprint density at radius 1 is 1.53 bits per heavy atom. The van der Waals surface area contributed by atoms with Crippen molar-refractivity contribution in [3.63, 3.8) is 0 Å². The summed E-state index contributed by atoms with van der Waals surface area (Å²) in [7, 11) is -2.79. The van der Waals surface area contributed by atoms with Crippen LogP contribution in [0.15, 0.2) is 6.20 Å². The molecule has 19 heavy (non-hydrogen) atoms. The van der Waals surface area contributed by atoms with Gasteiger partial charge >= 0.3 is 0 Å². The van der Waals surface area contributed by atoms with Crippen LogP contribution in [0, 0.1) is 12.8 Å². The predicted octanol–water partition coefficient (Wildman–Crippen LogP) is 1.84. The van der Waals surface area contributed by atoms with Crippen molar-refractivity contribution < 1.29 is 8.42 Å². The first-order valence-electron chi connectivity index (χ1n) is 6.98. The highest BCUT2D eigenvalue weighted by Crippen LogP contribution is 2.19. The van der Waals surface area contributed by atoms with E-state index in [2.05, 4.69) is 21.8 Å². The molecule has 1 saturated heterocycles. The molecular formula is C13H23N3O2S. The normalized spacial score (nSPS) is 21.7. The maximum atomic E-state index is 11.4. The minimum absolute atomic E-state index is 0.224. The average molecular weight is 285 g/mol. The number of aromatic nitrogens is 2. The number of hydrogen-bond donors (Lipinski definition) is 1. The van der Waals surface area contributed by atoms with E-state index in [9.17, 15) is 8.42 Å². The van der Waals surface area contributed by atoms with Gasteiger partial charge in [0.25, 0.3) is 0 Å². The molecule has 1 aliphatic heterocycles. The number of imidazole rings is 1. The smallest absolute Gasteiger partial charge is 0.203 e. The number of sulfone groups is 1. The second-order valence-corrected chi connectivity index (χ2v) is 7.63. The highest BCUT2D eigenvalue weighted by Gasteiger charge is 2.27. The minimum Gasteiger partial charge on any atom is -0.355 e. The molecular weight excluding hydrogens is 262 g/mol. The molecule has 1 fully saturated rings. The Labute approximate surface area is 115 Å². The van der Waals surface area contributed by atoms with E-state index in [1.54, 1.807) is 0 Å². The molecule has 0 aromatic carbocycles. The standard InChI is InChI=1S/C13H23N3O2S/c1-3-4-6-16-9-11(2)15-13(16)14-8-12-5-7-19(17,18)10-12/h9,12H,3-8,10H2,1-2H3,(H,14,15). The lowest BCUT2D eigenvalue weighted by molar-refractivity contribution is 0.592. The molecule has 108 valence electrons. The third kappa shape index (κ3) is 3.96. The zero-order chi connectivity index (χ0) is 13.9. The van der Waals surface area contributed by atoms with Crippen molar-refractivity contribution in [2.24, 2.45) is 5.92 Å². The van der Waals surface area contributed by atoms with Crippen LogP contribution in [0.3, 0.4) is 0 Å². The van der Waals surface area contributed by atoms with Gasteiger partial charge in [-0.1, -0.05) is 13.3 Å². The summed E-state index contributed by atoms with van der Waals surface area (Å²) in [4.78, 5) is 4.46. The number of nitrogens with zero attached hydrogens (tertiary/aromatic N) is 2.